The highest BCUT2D eigenvalue weighted by Crippen LogP contribution is 2.55. The largest absolute Gasteiger partial charge is 0.399 e. The predicted octanol–water partition coefficient (Wildman–Crippen LogP) is 39.1. The number of nitrogens with one attached hydrogen (secondary N) is 2. The highest BCUT2D eigenvalue weighted by Gasteiger charge is 2.40. The second-order valence-electron chi connectivity index (χ2n) is 42.5. The molecule has 24 aromatic rings. The van der Waals surface area contributed by atoms with Gasteiger partial charge in [0, 0.05) is 108 Å². The van der Waals surface area contributed by atoms with Crippen molar-refractivity contribution in [3.63, 3.8) is 0 Å². The number of fused-ring (bicyclic) bond motifs is 21. The lowest BCUT2D eigenvalue weighted by Crippen LogP contribution is -2.14. The number of nitrogens with zero attached hydrogens (tertiary/aromatic N) is 3. The third-order valence-corrected chi connectivity index (χ3v) is 32.5. The molecule has 3 aromatic heterocycles. The average Bonchev–Trinajstić information content (AvgIpc) is 1.58. The molecule has 149 heavy (non-hydrogen) atoms. The van der Waals surface area contributed by atoms with Crippen LogP contribution in [0.4, 0.5) is 28.4 Å². The molecular weight excluding hydrogens is 1940 g/mol. The molecule has 0 amide bonds. The molecule has 0 atom stereocenters. The second-order valence-corrected chi connectivity index (χ2v) is 44.3. The molecule has 0 saturated heterocycles. The summed E-state index contributed by atoms with van der Waals surface area (Å²) >= 11 is 7.07. The first kappa shape index (κ1) is 94.6. The van der Waals surface area contributed by atoms with Crippen LogP contribution in [0.15, 0.2) is 476 Å². The highest BCUT2D eigenvalue weighted by atomic mass is 79.9. The summed E-state index contributed by atoms with van der Waals surface area (Å²) in [5.41, 5.74) is 58.1. The van der Waals surface area contributed by atoms with Crippen molar-refractivity contribution in [2.24, 2.45) is 0 Å². The first-order valence-corrected chi connectivity index (χ1v) is 53.2. The second kappa shape index (κ2) is 38.0. The summed E-state index contributed by atoms with van der Waals surface area (Å²) in [6.45, 7) is 25.1. The monoisotopic (exact) mass is 2050 g/mol. The molecule has 722 valence electrons. The van der Waals surface area contributed by atoms with Gasteiger partial charge >= 0.3 is 0 Å². The van der Waals surface area contributed by atoms with E-state index in [0.717, 1.165) is 37.4 Å². The predicted molar refractivity (Wildman–Crippen MR) is 641 cm³/mol. The van der Waals surface area contributed by atoms with Crippen LogP contribution >= 0.6 is 31.9 Å². The molecule has 8 heteroatoms. The maximum Gasteiger partial charge on any atom is 0.0542 e. The van der Waals surface area contributed by atoms with Gasteiger partial charge in [-0.2, -0.15) is 0 Å². The lowest BCUT2D eigenvalue weighted by atomic mass is 9.81. The summed E-state index contributed by atoms with van der Waals surface area (Å²) < 4.78 is 9.25. The average molecular weight is 2050 g/mol. The standard InChI is InChI=1S/2C40H32N2.2C21H17Br.C19H16N2/c1-26-16-20-38-34(22-26)35-25-30(18-21-39(35)42(38)31-12-5-4-6-13-31)41-29-11-9-10-27(23-29)28-17-19-33-32-14-7-8-15-36(32)40(2,3)37(33)24-28;1-26-13-21-38-34(23-26)35-25-30(19-22-39(35)42(38)31-9-5-4-6-10-31)41-29-17-14-27(15-18-29)28-16-20-33-32-11-7-8-12-36(32)40(2,3)37(33)24-28;1-21(2)19-9-4-3-8-17(19)18-11-10-15(13-20(18)21)14-6-5-7-16(22)12-14;1-21(2)19-6-4-3-5-17(19)18-12-9-15(13-20(18)21)14-7-10-16(22)11-8-14;1-13-7-9-18-16(11-13)17-12-14(20)8-10-19(17)21(18)15-5-3-2-4-6-15/h2*4-25,41H,1-3H3;2*3-13H,1-2H3;2-12H,20H2,1H3. The molecule has 0 saturated carbocycles. The zero-order valence-electron chi connectivity index (χ0n) is 85.6. The van der Waals surface area contributed by atoms with Gasteiger partial charge in [-0.15, -0.1) is 0 Å². The van der Waals surface area contributed by atoms with E-state index in [1.165, 1.54) is 233 Å². The summed E-state index contributed by atoms with van der Waals surface area (Å²) in [5, 5.41) is 14.9. The summed E-state index contributed by atoms with van der Waals surface area (Å²) in [6.07, 6.45) is 0. The summed E-state index contributed by atoms with van der Waals surface area (Å²) in [7, 11) is 0. The molecule has 4 aliphatic carbocycles. The summed E-state index contributed by atoms with van der Waals surface area (Å²) in [6, 6.07) is 169. The molecule has 0 fully saturated rings. The van der Waals surface area contributed by atoms with E-state index in [4.69, 9.17) is 5.73 Å². The number of nitrogens with two attached hydrogens (primary N) is 1. The number of nitrogen functional groups attached to an aromatic ring is 1. The first-order chi connectivity index (χ1) is 72.3. The maximum absolute atomic E-state index is 5.99. The van der Waals surface area contributed by atoms with Crippen molar-refractivity contribution < 1.29 is 0 Å². The van der Waals surface area contributed by atoms with Crippen molar-refractivity contribution >= 4 is 126 Å². The van der Waals surface area contributed by atoms with Crippen LogP contribution in [0.25, 0.3) is 171 Å². The van der Waals surface area contributed by atoms with Gasteiger partial charge in [0.1, 0.15) is 0 Å². The van der Waals surface area contributed by atoms with E-state index >= 15 is 0 Å². The van der Waals surface area contributed by atoms with Crippen molar-refractivity contribution in [3.8, 4) is 106 Å². The number of anilines is 5. The molecule has 4 N–H and O–H groups in total. The van der Waals surface area contributed by atoms with Gasteiger partial charge in [-0.1, -0.05) is 371 Å². The van der Waals surface area contributed by atoms with Crippen molar-refractivity contribution in [1.29, 1.82) is 0 Å². The molecule has 3 heterocycles. The van der Waals surface area contributed by atoms with Crippen LogP contribution in [-0.4, -0.2) is 13.7 Å². The van der Waals surface area contributed by atoms with E-state index in [-0.39, 0.29) is 21.7 Å². The Labute approximate surface area is 889 Å². The van der Waals surface area contributed by atoms with Crippen molar-refractivity contribution in [3.05, 3.63) is 537 Å². The van der Waals surface area contributed by atoms with Crippen LogP contribution in [0.5, 0.6) is 0 Å². The quantitative estimate of drug-likeness (QED) is 0.113. The number of hydrogen-bond donors (Lipinski definition) is 3. The Kier molecular flexibility index (Phi) is 24.1. The fraction of sp³-hybridized carbons (Fsp3) is 0.106. The smallest absolute Gasteiger partial charge is 0.0542 e. The molecular formula is C141H114Br2N6. The van der Waals surface area contributed by atoms with Gasteiger partial charge in [-0.3, -0.25) is 0 Å². The third-order valence-electron chi connectivity index (χ3n) is 31.5. The minimum absolute atomic E-state index is 0.00422. The molecule has 0 spiro atoms. The number of benzene rings is 21. The Hall–Kier alpha value is -16.6. The Morgan fingerprint density at radius 1 is 0.188 bits per heavy atom. The third kappa shape index (κ3) is 17.2. The topological polar surface area (TPSA) is 64.9 Å². The van der Waals surface area contributed by atoms with E-state index in [9.17, 15) is 0 Å². The minimum atomic E-state index is -0.00943. The van der Waals surface area contributed by atoms with Crippen molar-refractivity contribution in [2.45, 2.75) is 97.8 Å². The van der Waals surface area contributed by atoms with Crippen LogP contribution in [0.2, 0.25) is 0 Å². The van der Waals surface area contributed by atoms with Crippen molar-refractivity contribution in [1.82, 2.24) is 13.7 Å². The number of aryl methyl sites for hydroxylation is 3. The molecule has 28 rings (SSSR count). The van der Waals surface area contributed by atoms with Gasteiger partial charge in [0.15, 0.2) is 0 Å². The lowest BCUT2D eigenvalue weighted by molar-refractivity contribution is 0.660. The van der Waals surface area contributed by atoms with Gasteiger partial charge in [-0.05, 0) is 354 Å². The fourth-order valence-electron chi connectivity index (χ4n) is 23.9. The minimum Gasteiger partial charge on any atom is -0.399 e. The van der Waals surface area contributed by atoms with Crippen LogP contribution in [0.3, 0.4) is 0 Å². The highest BCUT2D eigenvalue weighted by molar-refractivity contribution is 9.10. The number of hydrogen-bond acceptors (Lipinski definition) is 3. The summed E-state index contributed by atoms with van der Waals surface area (Å²) in [4.78, 5) is 0. The van der Waals surface area contributed by atoms with Crippen LogP contribution < -0.4 is 16.4 Å². The zero-order chi connectivity index (χ0) is 102. The molecule has 0 aliphatic heterocycles. The lowest BCUT2D eigenvalue weighted by Gasteiger charge is -2.22. The Bertz CT molecular complexity index is 9320. The molecule has 0 bridgehead atoms. The van der Waals surface area contributed by atoms with Gasteiger partial charge in [0.05, 0.1) is 33.1 Å². The molecule has 4 aliphatic rings. The van der Waals surface area contributed by atoms with E-state index < -0.39 is 0 Å². The maximum atomic E-state index is 5.99. The molecule has 0 radical (unpaired) electrons. The van der Waals surface area contributed by atoms with Crippen LogP contribution in [0.1, 0.15) is 117 Å². The molecule has 0 unspecified atom stereocenters. The van der Waals surface area contributed by atoms with E-state index in [0.29, 0.717) is 0 Å². The van der Waals surface area contributed by atoms with Crippen LogP contribution in [-0.2, 0) is 21.7 Å². The molecule has 6 nitrogen and oxygen atoms in total. The van der Waals surface area contributed by atoms with Gasteiger partial charge in [0.25, 0.3) is 0 Å². The Morgan fingerprint density at radius 3 is 0.812 bits per heavy atom. The number of para-hydroxylation sites is 3. The summed E-state index contributed by atoms with van der Waals surface area (Å²) in [5.74, 6) is 0. The number of halogens is 2. The number of aromatic nitrogens is 3. The Morgan fingerprint density at radius 2 is 0.450 bits per heavy atom. The molecule has 21 aromatic carbocycles. The normalized spacial score (nSPS) is 13.4. The fourth-order valence-corrected chi connectivity index (χ4v) is 24.5. The zero-order valence-corrected chi connectivity index (χ0v) is 88.8. The first-order valence-electron chi connectivity index (χ1n) is 51.6. The van der Waals surface area contributed by atoms with Gasteiger partial charge in [0.2, 0.25) is 0 Å². The van der Waals surface area contributed by atoms with E-state index in [2.05, 4.69) is 587 Å². The van der Waals surface area contributed by atoms with E-state index in [1.807, 2.05) is 12.1 Å². The van der Waals surface area contributed by atoms with E-state index in [1.54, 1.807) is 0 Å². The Balaban J connectivity index is 0.000000103. The van der Waals surface area contributed by atoms with Crippen LogP contribution in [0, 0.1) is 20.8 Å². The number of rotatable bonds is 11. The van der Waals surface area contributed by atoms with Gasteiger partial charge in [-0.25, -0.2) is 0 Å². The van der Waals surface area contributed by atoms with Gasteiger partial charge < -0.3 is 30.1 Å². The SMILES string of the molecule is CC1(C)c2ccccc2-c2ccc(-c3ccc(Br)cc3)cc21.CC1(C)c2ccccc2-c2ccc(-c3cccc(Br)c3)cc21.Cc1ccc2c(c1)c1cc(N)ccc1n2-c1ccccc1.Cc1ccc2c(c1)c1cc(Nc3ccc(-c4ccc5c(c4)C(C)(C)c4ccccc4-5)cc3)ccc1n2-c1ccccc1.Cc1ccc2c(c1)c1cc(Nc3cccc(-c4ccc5c(c4)C(C)(C)c4ccccc4-5)c3)ccc1n2-c1ccccc1. The van der Waals surface area contributed by atoms with Crippen molar-refractivity contribution in [2.75, 3.05) is 16.4 Å².